The van der Waals surface area contributed by atoms with Crippen LogP contribution >= 0.6 is 0 Å². The Hall–Kier alpha value is -3.73. The zero-order chi connectivity index (χ0) is 20.1. The molecule has 5 heteroatoms. The number of aromatic nitrogens is 2. The third kappa shape index (κ3) is 4.24. The van der Waals surface area contributed by atoms with Gasteiger partial charge in [-0.05, 0) is 48.4 Å². The summed E-state index contributed by atoms with van der Waals surface area (Å²) < 4.78 is 5.78. The number of benzene rings is 3. The zero-order valence-corrected chi connectivity index (χ0v) is 16.1. The number of carbonyl (C=O) groups excluding carboxylic acids is 1. The van der Waals surface area contributed by atoms with Crippen molar-refractivity contribution in [1.29, 1.82) is 0 Å². The molecule has 0 bridgehead atoms. The minimum Gasteiger partial charge on any atom is -0.416 e. The van der Waals surface area contributed by atoms with Crippen LogP contribution in [0.2, 0.25) is 0 Å². The predicted octanol–water partition coefficient (Wildman–Crippen LogP) is 5.54. The molecule has 0 saturated carbocycles. The van der Waals surface area contributed by atoms with Gasteiger partial charge in [0, 0.05) is 16.8 Å². The van der Waals surface area contributed by atoms with E-state index in [4.69, 9.17) is 4.42 Å². The Morgan fingerprint density at radius 3 is 1.97 bits per heavy atom. The van der Waals surface area contributed by atoms with Crippen molar-refractivity contribution in [3.8, 4) is 22.9 Å². The van der Waals surface area contributed by atoms with Gasteiger partial charge >= 0.3 is 0 Å². The molecule has 0 spiro atoms. The summed E-state index contributed by atoms with van der Waals surface area (Å²) in [5.74, 6) is 0.722. The number of hydrogen-bond acceptors (Lipinski definition) is 4. The average Bonchev–Trinajstić information content (AvgIpc) is 3.26. The van der Waals surface area contributed by atoms with Gasteiger partial charge in [0.15, 0.2) is 0 Å². The lowest BCUT2D eigenvalue weighted by Gasteiger charge is -2.15. The van der Waals surface area contributed by atoms with E-state index >= 15 is 0 Å². The maximum atomic E-state index is 12.7. The molecule has 1 aromatic heterocycles. The molecule has 1 N–H and O–H groups in total. The van der Waals surface area contributed by atoms with E-state index in [1.807, 2.05) is 91.9 Å². The molecule has 1 amide bonds. The van der Waals surface area contributed by atoms with Gasteiger partial charge in [-0.15, -0.1) is 10.2 Å². The van der Waals surface area contributed by atoms with Crippen LogP contribution in [0.15, 0.2) is 89.3 Å². The highest BCUT2D eigenvalue weighted by molar-refractivity contribution is 5.96. The highest BCUT2D eigenvalue weighted by Crippen LogP contribution is 2.26. The smallest absolute Gasteiger partial charge is 0.248 e. The summed E-state index contributed by atoms with van der Waals surface area (Å²) in [6, 6.07) is 26.9. The fourth-order valence-corrected chi connectivity index (χ4v) is 3.22. The number of hydrogen-bond donors (Lipinski definition) is 1. The summed E-state index contributed by atoms with van der Waals surface area (Å²) in [4.78, 5) is 12.7. The Kier molecular flexibility index (Phi) is 5.47. The molecular formula is C24H21N3O2. The Labute approximate surface area is 169 Å². The van der Waals surface area contributed by atoms with Crippen LogP contribution in [0.4, 0.5) is 5.69 Å². The number of rotatable bonds is 6. The summed E-state index contributed by atoms with van der Waals surface area (Å²) in [7, 11) is 0. The molecule has 0 fully saturated rings. The lowest BCUT2D eigenvalue weighted by molar-refractivity contribution is -0.117. The average molecular weight is 383 g/mol. The first-order chi connectivity index (χ1) is 14.2. The van der Waals surface area contributed by atoms with Crippen LogP contribution in [0, 0.1) is 0 Å². The maximum absolute atomic E-state index is 12.7. The van der Waals surface area contributed by atoms with Gasteiger partial charge in [0.25, 0.3) is 0 Å². The number of carbonyl (C=O) groups is 1. The number of nitrogens with one attached hydrogen (secondary N) is 1. The summed E-state index contributed by atoms with van der Waals surface area (Å²) >= 11 is 0. The first-order valence-electron chi connectivity index (χ1n) is 9.60. The molecular weight excluding hydrogens is 362 g/mol. The van der Waals surface area contributed by atoms with Crippen molar-refractivity contribution in [2.45, 2.75) is 19.3 Å². The van der Waals surface area contributed by atoms with Crippen LogP contribution in [-0.4, -0.2) is 16.1 Å². The van der Waals surface area contributed by atoms with E-state index in [1.165, 1.54) is 0 Å². The van der Waals surface area contributed by atoms with Crippen molar-refractivity contribution in [3.63, 3.8) is 0 Å². The first kappa shape index (κ1) is 18.6. The third-order valence-electron chi connectivity index (χ3n) is 4.77. The van der Waals surface area contributed by atoms with Crippen molar-refractivity contribution >= 4 is 11.6 Å². The molecule has 1 atom stereocenters. The zero-order valence-electron chi connectivity index (χ0n) is 16.1. The van der Waals surface area contributed by atoms with Gasteiger partial charge in [-0.2, -0.15) is 0 Å². The predicted molar refractivity (Wildman–Crippen MR) is 113 cm³/mol. The molecule has 0 aliphatic heterocycles. The summed E-state index contributed by atoms with van der Waals surface area (Å²) in [6.07, 6.45) is 0.734. The fourth-order valence-electron chi connectivity index (χ4n) is 3.22. The standard InChI is InChI=1S/C24H21N3O2/c1-2-21(17-9-5-3-6-10-17)22(28)25-20-15-13-19(14-16-20)24-27-26-23(29-24)18-11-7-4-8-12-18/h3-16,21H,2H2,1H3,(H,25,28). The van der Waals surface area contributed by atoms with Crippen LogP contribution in [-0.2, 0) is 4.79 Å². The molecule has 144 valence electrons. The second-order valence-corrected chi connectivity index (χ2v) is 6.72. The van der Waals surface area contributed by atoms with E-state index < -0.39 is 0 Å². The quantitative estimate of drug-likeness (QED) is 0.475. The third-order valence-corrected chi connectivity index (χ3v) is 4.77. The summed E-state index contributed by atoms with van der Waals surface area (Å²) in [5.41, 5.74) is 3.42. The lowest BCUT2D eigenvalue weighted by Crippen LogP contribution is -2.20. The molecule has 1 unspecified atom stereocenters. The maximum Gasteiger partial charge on any atom is 0.248 e. The second-order valence-electron chi connectivity index (χ2n) is 6.72. The molecule has 5 nitrogen and oxygen atoms in total. The van der Waals surface area contributed by atoms with E-state index in [0.29, 0.717) is 11.8 Å². The fraction of sp³-hybridized carbons (Fsp3) is 0.125. The van der Waals surface area contributed by atoms with Gasteiger partial charge in [0.1, 0.15) is 0 Å². The molecule has 0 radical (unpaired) electrons. The largest absolute Gasteiger partial charge is 0.416 e. The minimum atomic E-state index is -0.180. The SMILES string of the molecule is CCC(C(=O)Nc1ccc(-c2nnc(-c3ccccc3)o2)cc1)c1ccccc1. The van der Waals surface area contributed by atoms with Crippen molar-refractivity contribution in [2.75, 3.05) is 5.32 Å². The molecule has 0 aliphatic rings. The number of anilines is 1. The van der Waals surface area contributed by atoms with Gasteiger partial charge in [0.05, 0.1) is 5.92 Å². The lowest BCUT2D eigenvalue weighted by atomic mass is 9.95. The number of amides is 1. The van der Waals surface area contributed by atoms with Crippen molar-refractivity contribution in [2.24, 2.45) is 0 Å². The van der Waals surface area contributed by atoms with Crippen LogP contribution in [0.25, 0.3) is 22.9 Å². The van der Waals surface area contributed by atoms with E-state index in [-0.39, 0.29) is 11.8 Å². The number of nitrogens with zero attached hydrogens (tertiary/aromatic N) is 2. The van der Waals surface area contributed by atoms with Crippen molar-refractivity contribution in [1.82, 2.24) is 10.2 Å². The first-order valence-corrected chi connectivity index (χ1v) is 9.60. The Morgan fingerprint density at radius 1 is 0.828 bits per heavy atom. The van der Waals surface area contributed by atoms with Crippen molar-refractivity contribution < 1.29 is 9.21 Å². The molecule has 4 aromatic rings. The van der Waals surface area contributed by atoms with E-state index in [9.17, 15) is 4.79 Å². The monoisotopic (exact) mass is 383 g/mol. The van der Waals surface area contributed by atoms with Gasteiger partial charge in [-0.1, -0.05) is 55.5 Å². The molecule has 0 saturated heterocycles. The Bertz CT molecular complexity index is 1070. The summed E-state index contributed by atoms with van der Waals surface area (Å²) in [6.45, 7) is 2.01. The van der Waals surface area contributed by atoms with Gasteiger partial charge in [-0.25, -0.2) is 0 Å². The van der Waals surface area contributed by atoms with Gasteiger partial charge < -0.3 is 9.73 Å². The van der Waals surface area contributed by atoms with E-state index in [2.05, 4.69) is 15.5 Å². The highest BCUT2D eigenvalue weighted by Gasteiger charge is 2.18. The van der Waals surface area contributed by atoms with Crippen LogP contribution in [0.1, 0.15) is 24.8 Å². The Morgan fingerprint density at radius 2 is 1.38 bits per heavy atom. The van der Waals surface area contributed by atoms with Crippen molar-refractivity contribution in [3.05, 3.63) is 90.5 Å². The molecule has 3 aromatic carbocycles. The second kappa shape index (κ2) is 8.52. The molecule has 0 aliphatic carbocycles. The van der Waals surface area contributed by atoms with Gasteiger partial charge in [0.2, 0.25) is 17.7 Å². The van der Waals surface area contributed by atoms with E-state index in [1.54, 1.807) is 0 Å². The topological polar surface area (TPSA) is 68.0 Å². The Balaban J connectivity index is 1.47. The van der Waals surface area contributed by atoms with Crippen LogP contribution in [0.5, 0.6) is 0 Å². The molecule has 29 heavy (non-hydrogen) atoms. The normalized spacial score (nSPS) is 11.8. The van der Waals surface area contributed by atoms with Gasteiger partial charge in [-0.3, -0.25) is 4.79 Å². The molecule has 1 heterocycles. The van der Waals surface area contributed by atoms with Crippen LogP contribution in [0.3, 0.4) is 0 Å². The molecule has 4 rings (SSSR count). The highest BCUT2D eigenvalue weighted by atomic mass is 16.4. The summed E-state index contributed by atoms with van der Waals surface area (Å²) in [5, 5.41) is 11.2. The van der Waals surface area contributed by atoms with Crippen LogP contribution < -0.4 is 5.32 Å². The van der Waals surface area contributed by atoms with E-state index in [0.717, 1.165) is 28.8 Å². The minimum absolute atomic E-state index is 0.0180.